The first-order chi connectivity index (χ1) is 9.80. The van der Waals surface area contributed by atoms with Crippen LogP contribution in [0.3, 0.4) is 0 Å². The summed E-state index contributed by atoms with van der Waals surface area (Å²) in [4.78, 5) is 11.4. The molecule has 0 radical (unpaired) electrons. The van der Waals surface area contributed by atoms with Gasteiger partial charge in [-0.2, -0.15) is 13.2 Å². The van der Waals surface area contributed by atoms with Gasteiger partial charge in [-0.25, -0.2) is 4.79 Å². The van der Waals surface area contributed by atoms with Gasteiger partial charge < -0.3 is 9.47 Å². The fourth-order valence-corrected chi connectivity index (χ4v) is 2.05. The van der Waals surface area contributed by atoms with Crippen LogP contribution in [0.25, 0.3) is 0 Å². The number of hydrogen-bond donors (Lipinski definition) is 1. The van der Waals surface area contributed by atoms with Gasteiger partial charge in [0.05, 0.1) is 17.9 Å². The highest BCUT2D eigenvalue weighted by Gasteiger charge is 2.64. The minimum Gasteiger partial charge on any atom is -0.402 e. The highest BCUT2D eigenvalue weighted by Crippen LogP contribution is 2.48. The van der Waals surface area contributed by atoms with Crippen molar-refractivity contribution in [1.29, 1.82) is 0 Å². The molecule has 0 saturated carbocycles. The minimum absolute atomic E-state index is 0.0616. The van der Waals surface area contributed by atoms with Crippen LogP contribution >= 0.6 is 11.6 Å². The topological polar surface area (TPSA) is 47.6 Å². The van der Waals surface area contributed by atoms with E-state index in [1.165, 1.54) is 24.3 Å². The van der Waals surface area contributed by atoms with Gasteiger partial charge in [-0.15, -0.1) is 0 Å². The third-order valence-corrected chi connectivity index (χ3v) is 3.04. The van der Waals surface area contributed by atoms with Crippen LogP contribution in [0.2, 0.25) is 5.02 Å². The third-order valence-electron chi connectivity index (χ3n) is 2.80. The lowest BCUT2D eigenvalue weighted by Gasteiger charge is -2.38. The van der Waals surface area contributed by atoms with Crippen LogP contribution in [-0.4, -0.2) is 18.9 Å². The molecule has 0 bridgehead atoms. The molecule has 1 aromatic carbocycles. The molecule has 0 aliphatic carbocycles. The van der Waals surface area contributed by atoms with E-state index in [0.717, 1.165) is 6.07 Å². The molecule has 1 atom stereocenters. The molecule has 8 heteroatoms. The maximum atomic E-state index is 13.5. The van der Waals surface area contributed by atoms with Gasteiger partial charge in [-0.1, -0.05) is 23.8 Å². The Balaban J connectivity index is 2.58. The van der Waals surface area contributed by atoms with Crippen molar-refractivity contribution in [3.05, 3.63) is 40.9 Å². The van der Waals surface area contributed by atoms with E-state index in [2.05, 4.69) is 10.1 Å². The quantitative estimate of drug-likeness (QED) is 0.848. The van der Waals surface area contributed by atoms with Gasteiger partial charge in [-0.05, 0) is 25.1 Å². The maximum absolute atomic E-state index is 13.5. The molecule has 0 aromatic heterocycles. The van der Waals surface area contributed by atoms with Gasteiger partial charge in [-0.3, -0.25) is 5.32 Å². The van der Waals surface area contributed by atoms with Crippen molar-refractivity contribution in [2.75, 3.05) is 11.9 Å². The Morgan fingerprint density at radius 2 is 2.19 bits per heavy atom. The molecule has 1 aromatic rings. The molecule has 114 valence electrons. The highest BCUT2D eigenvalue weighted by molar-refractivity contribution is 6.30. The van der Waals surface area contributed by atoms with Crippen molar-refractivity contribution >= 4 is 23.4 Å². The Kier molecular flexibility index (Phi) is 4.15. The van der Waals surface area contributed by atoms with E-state index in [9.17, 15) is 18.0 Å². The summed E-state index contributed by atoms with van der Waals surface area (Å²) in [5.41, 5.74) is -0.458. The maximum Gasteiger partial charge on any atom is 0.460 e. The number of carbonyl (C=O) groups excluding carboxylic acids is 1. The molecule has 0 spiro atoms. The average molecular weight is 322 g/mol. The normalized spacial score (nSPS) is 21.9. The molecule has 1 aliphatic rings. The largest absolute Gasteiger partial charge is 0.460 e. The van der Waals surface area contributed by atoms with Crippen molar-refractivity contribution in [2.45, 2.75) is 18.9 Å². The molecular weight excluding hydrogens is 311 g/mol. The Bertz CT molecular complexity index is 589. The third kappa shape index (κ3) is 2.84. The summed E-state index contributed by atoms with van der Waals surface area (Å²) < 4.78 is 49.9. The van der Waals surface area contributed by atoms with Gasteiger partial charge in [0.1, 0.15) is 0 Å². The molecular formula is C13H11ClF3NO3. The van der Waals surface area contributed by atoms with Crippen molar-refractivity contribution in [1.82, 2.24) is 0 Å². The summed E-state index contributed by atoms with van der Waals surface area (Å²) >= 11 is 5.75. The molecule has 0 saturated heterocycles. The average Bonchev–Trinajstić information content (AvgIpc) is 2.38. The number of hydrogen-bond acceptors (Lipinski definition) is 3. The summed E-state index contributed by atoms with van der Waals surface area (Å²) in [6.07, 6.45) is -3.33. The predicted molar refractivity (Wildman–Crippen MR) is 70.1 cm³/mol. The monoisotopic (exact) mass is 321 g/mol. The van der Waals surface area contributed by atoms with Gasteiger partial charge in [0, 0.05) is 5.02 Å². The lowest BCUT2D eigenvalue weighted by atomic mass is 10.0. The van der Waals surface area contributed by atoms with Crippen LogP contribution in [-0.2, 0) is 15.3 Å². The molecule has 1 N–H and O–H groups in total. The first-order valence-electron chi connectivity index (χ1n) is 5.92. The van der Waals surface area contributed by atoms with Crippen molar-refractivity contribution in [3.63, 3.8) is 0 Å². The van der Waals surface area contributed by atoms with E-state index in [1.54, 1.807) is 6.92 Å². The van der Waals surface area contributed by atoms with E-state index in [4.69, 9.17) is 16.3 Å². The van der Waals surface area contributed by atoms with Gasteiger partial charge in [0.15, 0.2) is 0 Å². The summed E-state index contributed by atoms with van der Waals surface area (Å²) in [6.45, 7) is 1.25. The molecule has 2 rings (SSSR count). The first kappa shape index (κ1) is 15.7. The summed E-state index contributed by atoms with van der Waals surface area (Å²) in [7, 11) is 0. The van der Waals surface area contributed by atoms with E-state index in [1.807, 2.05) is 0 Å². The van der Waals surface area contributed by atoms with E-state index in [0.29, 0.717) is 0 Å². The Labute approximate surface area is 123 Å². The van der Waals surface area contributed by atoms with Crippen LogP contribution in [0.5, 0.6) is 0 Å². The van der Waals surface area contributed by atoms with Crippen LogP contribution < -0.4 is 5.32 Å². The van der Waals surface area contributed by atoms with Crippen molar-refractivity contribution in [3.8, 4) is 0 Å². The molecule has 21 heavy (non-hydrogen) atoms. The molecule has 4 nitrogen and oxygen atoms in total. The van der Waals surface area contributed by atoms with Crippen LogP contribution in [0.1, 0.15) is 12.5 Å². The van der Waals surface area contributed by atoms with Gasteiger partial charge >= 0.3 is 18.1 Å². The van der Waals surface area contributed by atoms with Gasteiger partial charge in [0.25, 0.3) is 0 Å². The van der Waals surface area contributed by atoms with E-state index >= 15 is 0 Å². The molecule has 1 aliphatic heterocycles. The van der Waals surface area contributed by atoms with E-state index < -0.39 is 23.6 Å². The van der Waals surface area contributed by atoms with E-state index in [-0.39, 0.29) is 17.3 Å². The van der Waals surface area contributed by atoms with Crippen molar-refractivity contribution in [2.24, 2.45) is 0 Å². The smallest absolute Gasteiger partial charge is 0.402 e. The number of rotatable bonds is 3. The zero-order chi connectivity index (χ0) is 15.7. The fraction of sp³-hybridized carbons (Fsp3) is 0.308. The number of ether oxygens (including phenoxy) is 2. The fourth-order valence-electron chi connectivity index (χ4n) is 1.88. The minimum atomic E-state index is -4.97. The number of amides is 1. The second-order valence-electron chi connectivity index (χ2n) is 4.20. The second-order valence-corrected chi connectivity index (χ2v) is 4.64. The number of carbonyl (C=O) groups is 1. The number of cyclic esters (lactones) is 1. The van der Waals surface area contributed by atoms with Crippen molar-refractivity contribution < 1.29 is 27.4 Å². The highest BCUT2D eigenvalue weighted by atomic mass is 35.5. The Morgan fingerprint density at radius 3 is 2.81 bits per heavy atom. The standard InChI is InChI=1S/C13H11ClF3NO3/c1-2-3-6-20-12(13(15,16)17)9-7-8(14)4-5-10(9)18-11(19)21-12/h2-5,7H,6H2,1H3,(H,18,19)/b3-2+. The number of halogens is 4. The molecule has 1 unspecified atom stereocenters. The number of benzene rings is 1. The predicted octanol–water partition coefficient (Wildman–Crippen LogP) is 4.21. The van der Waals surface area contributed by atoms with Gasteiger partial charge in [0.2, 0.25) is 0 Å². The lowest BCUT2D eigenvalue weighted by molar-refractivity contribution is -0.368. The zero-order valence-electron chi connectivity index (χ0n) is 10.8. The molecule has 0 fully saturated rings. The SMILES string of the molecule is C/C=C/COC1(C(F)(F)F)OC(=O)Nc2ccc(Cl)cc21. The van der Waals surface area contributed by atoms with Crippen LogP contribution in [0.4, 0.5) is 23.7 Å². The number of anilines is 1. The first-order valence-corrected chi connectivity index (χ1v) is 6.30. The van der Waals surface area contributed by atoms with Crippen LogP contribution in [0, 0.1) is 0 Å². The number of alkyl halides is 3. The number of fused-ring (bicyclic) bond motifs is 1. The number of nitrogens with one attached hydrogen (secondary N) is 1. The molecule has 1 heterocycles. The Morgan fingerprint density at radius 1 is 1.48 bits per heavy atom. The number of allylic oxidation sites excluding steroid dienone is 1. The Hall–Kier alpha value is -1.73. The summed E-state index contributed by atoms with van der Waals surface area (Å²) in [5, 5.41) is 2.25. The van der Waals surface area contributed by atoms with Crippen LogP contribution in [0.15, 0.2) is 30.4 Å². The lowest BCUT2D eigenvalue weighted by Crippen LogP contribution is -2.52. The summed E-state index contributed by atoms with van der Waals surface area (Å²) in [5.74, 6) is -3.19. The molecule has 1 amide bonds. The zero-order valence-corrected chi connectivity index (χ0v) is 11.6. The summed E-state index contributed by atoms with van der Waals surface area (Å²) in [6, 6.07) is 3.68. The second kappa shape index (κ2) is 5.57.